The number of fused-ring (bicyclic) bond motifs is 1. The van der Waals surface area contributed by atoms with Crippen LogP contribution in [0.25, 0.3) is 10.9 Å². The number of aryl methyl sites for hydroxylation is 1. The number of benzene rings is 2. The first-order valence-electron chi connectivity index (χ1n) is 5.85. The van der Waals surface area contributed by atoms with Crippen molar-refractivity contribution in [1.82, 2.24) is 4.98 Å². The molecule has 1 aromatic heterocycles. The van der Waals surface area contributed by atoms with Crippen LogP contribution in [0, 0.1) is 19.3 Å². The van der Waals surface area contributed by atoms with Gasteiger partial charge >= 0.3 is 0 Å². The second kappa shape index (κ2) is 5.75. The molecule has 18 heavy (non-hydrogen) atoms. The Bertz CT molecular complexity index is 657. The number of hydrogen-bond donors (Lipinski definition) is 1. The monoisotopic (exact) mass is 233 g/mol. The number of hydrogen-bond acceptors (Lipinski definition) is 0. The second-order valence-corrected chi connectivity index (χ2v) is 4.08. The molecule has 1 nitrogen and oxygen atoms in total. The van der Waals surface area contributed by atoms with E-state index >= 15 is 0 Å². The molecule has 1 N–H and O–H groups in total. The zero-order chi connectivity index (χ0) is 12.8. The highest BCUT2D eigenvalue weighted by atomic mass is 14.7. The minimum Gasteiger partial charge on any atom is -0.361 e. The molecule has 88 valence electrons. The van der Waals surface area contributed by atoms with Crippen LogP contribution < -0.4 is 0 Å². The van der Waals surface area contributed by atoms with Gasteiger partial charge in [-0.15, -0.1) is 6.42 Å². The summed E-state index contributed by atoms with van der Waals surface area (Å²) in [5.41, 5.74) is 3.46. The van der Waals surface area contributed by atoms with E-state index in [1.165, 1.54) is 16.5 Å². The Balaban J connectivity index is 0.000000138. The molecule has 0 saturated carbocycles. The molecule has 0 saturated heterocycles. The lowest BCUT2D eigenvalue weighted by atomic mass is 10.2. The molecule has 1 heteroatoms. The van der Waals surface area contributed by atoms with Gasteiger partial charge in [-0.3, -0.25) is 0 Å². The van der Waals surface area contributed by atoms with Crippen molar-refractivity contribution in [2.75, 3.05) is 0 Å². The predicted octanol–water partition coefficient (Wildman–Crippen LogP) is 4.14. The number of nitrogens with one attached hydrogen (secondary N) is 1. The van der Waals surface area contributed by atoms with Crippen LogP contribution in [0.1, 0.15) is 11.1 Å². The lowest BCUT2D eigenvalue weighted by Gasteiger charge is -1.90. The van der Waals surface area contributed by atoms with Crippen molar-refractivity contribution in [1.29, 1.82) is 0 Å². The molecule has 0 atom stereocenters. The standard InChI is InChI=1S/C9H9N.C8H6/c1-7-2-3-8-4-5-10-9(8)6-7;1-2-8-6-4-3-5-7-8/h2-6,10H,1H3;1,3-7H. The van der Waals surface area contributed by atoms with Crippen LogP contribution in [0.3, 0.4) is 0 Å². The topological polar surface area (TPSA) is 15.8 Å². The molecule has 1 heterocycles. The molecule has 3 rings (SSSR count). The van der Waals surface area contributed by atoms with Crippen molar-refractivity contribution in [3.05, 3.63) is 71.9 Å². The van der Waals surface area contributed by atoms with Gasteiger partial charge in [-0.2, -0.15) is 0 Å². The number of aromatic amines is 1. The molecular weight excluding hydrogens is 218 g/mol. The van der Waals surface area contributed by atoms with E-state index in [0.717, 1.165) is 5.56 Å². The normalized spacial score (nSPS) is 9.33. The van der Waals surface area contributed by atoms with Gasteiger partial charge in [0, 0.05) is 17.3 Å². The molecule has 0 fully saturated rings. The fraction of sp³-hybridized carbons (Fsp3) is 0.0588. The molecule has 0 unspecified atom stereocenters. The van der Waals surface area contributed by atoms with E-state index in [0.29, 0.717) is 0 Å². The smallest absolute Gasteiger partial charge is 0.0456 e. The summed E-state index contributed by atoms with van der Waals surface area (Å²) in [5.74, 6) is 2.53. The van der Waals surface area contributed by atoms with Crippen molar-refractivity contribution in [3.8, 4) is 12.3 Å². The number of rotatable bonds is 0. The Hall–Kier alpha value is -2.46. The largest absolute Gasteiger partial charge is 0.361 e. The number of H-pyrrole nitrogens is 1. The summed E-state index contributed by atoms with van der Waals surface area (Å²) in [7, 11) is 0. The molecule has 2 aromatic carbocycles. The highest BCUT2D eigenvalue weighted by Gasteiger charge is 1.91. The van der Waals surface area contributed by atoms with Gasteiger partial charge < -0.3 is 4.98 Å². The van der Waals surface area contributed by atoms with E-state index in [9.17, 15) is 0 Å². The molecular formula is C17H15N. The van der Waals surface area contributed by atoms with Gasteiger partial charge in [0.2, 0.25) is 0 Å². The van der Waals surface area contributed by atoms with Crippen molar-refractivity contribution in [2.24, 2.45) is 0 Å². The average molecular weight is 233 g/mol. The maximum Gasteiger partial charge on any atom is 0.0456 e. The Labute approximate surface area is 107 Å². The van der Waals surface area contributed by atoms with Gasteiger partial charge in [-0.1, -0.05) is 36.3 Å². The van der Waals surface area contributed by atoms with Gasteiger partial charge in [-0.25, -0.2) is 0 Å². The van der Waals surface area contributed by atoms with Crippen LogP contribution in [0.4, 0.5) is 0 Å². The Morgan fingerprint density at radius 2 is 1.78 bits per heavy atom. The van der Waals surface area contributed by atoms with Gasteiger partial charge in [0.05, 0.1) is 0 Å². The summed E-state index contributed by atoms with van der Waals surface area (Å²) in [5, 5.41) is 1.28. The Kier molecular flexibility index (Phi) is 3.83. The molecule has 0 bridgehead atoms. The Morgan fingerprint density at radius 3 is 2.44 bits per heavy atom. The third-order valence-corrected chi connectivity index (χ3v) is 2.65. The van der Waals surface area contributed by atoms with Crippen LogP contribution in [-0.2, 0) is 0 Å². The van der Waals surface area contributed by atoms with Gasteiger partial charge in [0.15, 0.2) is 0 Å². The first kappa shape index (κ1) is 12.0. The van der Waals surface area contributed by atoms with Crippen molar-refractivity contribution >= 4 is 10.9 Å². The number of aromatic nitrogens is 1. The van der Waals surface area contributed by atoms with Crippen LogP contribution in [0.15, 0.2) is 60.8 Å². The van der Waals surface area contributed by atoms with Gasteiger partial charge in [0.25, 0.3) is 0 Å². The lowest BCUT2D eigenvalue weighted by Crippen LogP contribution is -1.70. The number of terminal acetylenes is 1. The minimum absolute atomic E-state index is 0.938. The lowest BCUT2D eigenvalue weighted by molar-refractivity contribution is 1.44. The Morgan fingerprint density at radius 1 is 1.00 bits per heavy atom. The zero-order valence-corrected chi connectivity index (χ0v) is 10.4. The van der Waals surface area contributed by atoms with Crippen molar-refractivity contribution in [2.45, 2.75) is 6.92 Å². The fourth-order valence-electron chi connectivity index (χ4n) is 1.70. The van der Waals surface area contributed by atoms with E-state index in [1.54, 1.807) is 0 Å². The van der Waals surface area contributed by atoms with E-state index in [4.69, 9.17) is 6.42 Å². The minimum atomic E-state index is 0.938. The SMILES string of the molecule is C#Cc1ccccc1.Cc1ccc2cc[nH]c2c1. The zero-order valence-electron chi connectivity index (χ0n) is 10.4. The van der Waals surface area contributed by atoms with Crippen LogP contribution in [0.5, 0.6) is 0 Å². The van der Waals surface area contributed by atoms with E-state index in [-0.39, 0.29) is 0 Å². The first-order valence-corrected chi connectivity index (χ1v) is 5.85. The summed E-state index contributed by atoms with van der Waals surface area (Å²) in [6.45, 7) is 2.10. The first-order chi connectivity index (χ1) is 8.79. The molecule has 3 aromatic rings. The van der Waals surface area contributed by atoms with Gasteiger partial charge in [-0.05, 0) is 42.1 Å². The third-order valence-electron chi connectivity index (χ3n) is 2.65. The van der Waals surface area contributed by atoms with E-state index in [2.05, 4.69) is 42.1 Å². The molecule has 0 aliphatic heterocycles. The molecule has 0 amide bonds. The summed E-state index contributed by atoms with van der Waals surface area (Å²) < 4.78 is 0. The predicted molar refractivity (Wildman–Crippen MR) is 77.4 cm³/mol. The summed E-state index contributed by atoms with van der Waals surface area (Å²) in [4.78, 5) is 3.16. The highest BCUT2D eigenvalue weighted by molar-refractivity contribution is 5.79. The molecule has 0 radical (unpaired) electrons. The van der Waals surface area contributed by atoms with Crippen molar-refractivity contribution in [3.63, 3.8) is 0 Å². The van der Waals surface area contributed by atoms with Gasteiger partial charge in [0.1, 0.15) is 0 Å². The summed E-state index contributed by atoms with van der Waals surface area (Å²) in [6, 6.07) is 18.1. The second-order valence-electron chi connectivity index (χ2n) is 4.08. The van der Waals surface area contributed by atoms with E-state index < -0.39 is 0 Å². The van der Waals surface area contributed by atoms with Crippen molar-refractivity contribution < 1.29 is 0 Å². The van der Waals surface area contributed by atoms with Crippen LogP contribution >= 0.6 is 0 Å². The maximum atomic E-state index is 5.10. The van der Waals surface area contributed by atoms with Crippen LogP contribution in [-0.4, -0.2) is 4.98 Å². The summed E-state index contributed by atoms with van der Waals surface area (Å²) in [6.07, 6.45) is 7.06. The fourth-order valence-corrected chi connectivity index (χ4v) is 1.70. The third kappa shape index (κ3) is 3.02. The van der Waals surface area contributed by atoms with Crippen LogP contribution in [0.2, 0.25) is 0 Å². The summed E-state index contributed by atoms with van der Waals surface area (Å²) >= 11 is 0. The molecule has 0 spiro atoms. The quantitative estimate of drug-likeness (QED) is 0.561. The maximum absolute atomic E-state index is 5.10. The molecule has 0 aliphatic carbocycles. The highest BCUT2D eigenvalue weighted by Crippen LogP contribution is 2.12. The van der Waals surface area contributed by atoms with E-state index in [1.807, 2.05) is 36.5 Å². The average Bonchev–Trinajstić information content (AvgIpc) is 2.87. The molecule has 0 aliphatic rings.